The molecule has 1 fully saturated rings. The molecule has 0 bridgehead atoms. The van der Waals surface area contributed by atoms with E-state index in [0.29, 0.717) is 17.9 Å². The van der Waals surface area contributed by atoms with Gasteiger partial charge in [0.1, 0.15) is 5.82 Å². The largest absolute Gasteiger partial charge is 0.398 e. The fourth-order valence-corrected chi connectivity index (χ4v) is 4.31. The minimum atomic E-state index is -0.0601. The van der Waals surface area contributed by atoms with Crippen LogP contribution in [0.5, 0.6) is 0 Å². The highest BCUT2D eigenvalue weighted by molar-refractivity contribution is 5.92. The van der Waals surface area contributed by atoms with Crippen LogP contribution in [0, 0.1) is 0 Å². The van der Waals surface area contributed by atoms with Crippen LogP contribution in [-0.2, 0) is 11.2 Å². The maximum atomic E-state index is 12.3. The van der Waals surface area contributed by atoms with E-state index >= 15 is 0 Å². The Balaban J connectivity index is 1.24. The maximum absolute atomic E-state index is 12.3. The standard InChI is InChI=1S/C31H36N6O/c1-3-36-19-21-37(22-20-36)29-15-13-27(14-16-29)34-24(2)33-18-17-30(32)26-9-11-28(12-10-26)35-31(38)23-25-7-5-4-6-8-25/h4-18,34H,2-3,19-23,32H2,1H3,(H,35,38)/b30-17-,33-18?. The summed E-state index contributed by atoms with van der Waals surface area (Å²) in [5.41, 5.74) is 11.5. The molecule has 0 saturated carbocycles. The van der Waals surface area contributed by atoms with Gasteiger partial charge in [-0.3, -0.25) is 4.79 Å². The van der Waals surface area contributed by atoms with Gasteiger partial charge in [0.2, 0.25) is 5.91 Å². The topological polar surface area (TPSA) is 86.0 Å². The number of carbonyl (C=O) groups excluding carboxylic acids is 1. The van der Waals surface area contributed by atoms with E-state index in [0.717, 1.165) is 55.2 Å². The molecule has 38 heavy (non-hydrogen) atoms. The van der Waals surface area contributed by atoms with Gasteiger partial charge < -0.3 is 26.2 Å². The van der Waals surface area contributed by atoms with Crippen molar-refractivity contribution in [1.82, 2.24) is 4.90 Å². The first-order valence-electron chi connectivity index (χ1n) is 13.0. The van der Waals surface area contributed by atoms with Gasteiger partial charge in [-0.25, -0.2) is 4.99 Å². The second kappa shape index (κ2) is 13.3. The molecule has 0 unspecified atom stereocenters. The number of hydrogen-bond donors (Lipinski definition) is 3. The molecular weight excluding hydrogens is 472 g/mol. The Morgan fingerprint density at radius 3 is 2.21 bits per heavy atom. The van der Waals surface area contributed by atoms with E-state index in [1.807, 2.05) is 66.7 Å². The molecule has 0 aliphatic carbocycles. The SMILES string of the molecule is C=C(N=C/C=C(\N)c1ccc(NC(=O)Cc2ccccc2)cc1)Nc1ccc(N2CCN(CC)CC2)cc1. The van der Waals surface area contributed by atoms with Gasteiger partial charge in [-0.2, -0.15) is 0 Å². The van der Waals surface area contributed by atoms with Gasteiger partial charge in [-0.15, -0.1) is 0 Å². The third kappa shape index (κ3) is 7.82. The van der Waals surface area contributed by atoms with E-state index in [1.54, 1.807) is 12.3 Å². The van der Waals surface area contributed by atoms with Gasteiger partial charge in [-0.1, -0.05) is 56.0 Å². The Morgan fingerprint density at radius 2 is 1.55 bits per heavy atom. The first-order valence-corrected chi connectivity index (χ1v) is 13.0. The molecule has 4 rings (SSSR count). The Hall–Kier alpha value is -4.36. The van der Waals surface area contributed by atoms with Crippen molar-refractivity contribution in [2.24, 2.45) is 10.7 Å². The van der Waals surface area contributed by atoms with Gasteiger partial charge in [0.25, 0.3) is 0 Å². The van der Waals surface area contributed by atoms with Crippen molar-refractivity contribution in [2.45, 2.75) is 13.3 Å². The van der Waals surface area contributed by atoms with Crippen molar-refractivity contribution in [3.63, 3.8) is 0 Å². The fourth-order valence-electron chi connectivity index (χ4n) is 4.31. The van der Waals surface area contributed by atoms with Crippen molar-refractivity contribution in [3.05, 3.63) is 108 Å². The highest BCUT2D eigenvalue weighted by Crippen LogP contribution is 2.20. The summed E-state index contributed by atoms with van der Waals surface area (Å²) < 4.78 is 0. The Kier molecular flexibility index (Phi) is 9.32. The zero-order valence-electron chi connectivity index (χ0n) is 21.9. The van der Waals surface area contributed by atoms with Crippen molar-refractivity contribution < 1.29 is 4.79 Å². The van der Waals surface area contributed by atoms with Crippen LogP contribution in [0.25, 0.3) is 5.70 Å². The molecule has 0 radical (unpaired) electrons. The molecule has 1 aliphatic heterocycles. The lowest BCUT2D eigenvalue weighted by molar-refractivity contribution is -0.115. The monoisotopic (exact) mass is 508 g/mol. The molecule has 7 heteroatoms. The molecule has 1 amide bonds. The number of piperazine rings is 1. The van der Waals surface area contributed by atoms with Gasteiger partial charge in [0.05, 0.1) is 6.42 Å². The minimum absolute atomic E-state index is 0.0601. The predicted octanol–water partition coefficient (Wildman–Crippen LogP) is 4.96. The third-order valence-electron chi connectivity index (χ3n) is 6.53. The van der Waals surface area contributed by atoms with Crippen molar-refractivity contribution >= 4 is 34.9 Å². The van der Waals surface area contributed by atoms with Crippen molar-refractivity contribution in [2.75, 3.05) is 48.3 Å². The number of likely N-dealkylation sites (N-methyl/N-ethyl adjacent to an activating group) is 1. The summed E-state index contributed by atoms with van der Waals surface area (Å²) in [6.45, 7) is 11.6. The Bertz CT molecular complexity index is 1260. The number of nitrogens with one attached hydrogen (secondary N) is 2. The number of nitrogens with zero attached hydrogens (tertiary/aromatic N) is 3. The smallest absolute Gasteiger partial charge is 0.228 e. The van der Waals surface area contributed by atoms with Crippen LogP contribution in [0.4, 0.5) is 17.1 Å². The molecule has 196 valence electrons. The first kappa shape index (κ1) is 26.7. The van der Waals surface area contributed by atoms with E-state index < -0.39 is 0 Å². The van der Waals surface area contributed by atoms with Gasteiger partial charge in [0.15, 0.2) is 0 Å². The number of aliphatic imine (C=N–C) groups is 1. The van der Waals surface area contributed by atoms with Crippen LogP contribution in [0.1, 0.15) is 18.1 Å². The lowest BCUT2D eigenvalue weighted by Gasteiger charge is -2.35. The molecule has 3 aromatic carbocycles. The molecular formula is C31H36N6O. The van der Waals surface area contributed by atoms with Crippen molar-refractivity contribution in [1.29, 1.82) is 0 Å². The molecule has 4 N–H and O–H groups in total. The number of allylic oxidation sites excluding steroid dienone is 1. The quantitative estimate of drug-likeness (QED) is 0.337. The summed E-state index contributed by atoms with van der Waals surface area (Å²) in [4.78, 5) is 21.5. The number of amides is 1. The molecule has 1 aliphatic rings. The average Bonchev–Trinajstić information content (AvgIpc) is 2.94. The summed E-state index contributed by atoms with van der Waals surface area (Å²) in [5, 5.41) is 6.13. The summed E-state index contributed by atoms with van der Waals surface area (Å²) >= 11 is 0. The second-order valence-electron chi connectivity index (χ2n) is 9.23. The van der Waals surface area contributed by atoms with Crippen LogP contribution in [0.2, 0.25) is 0 Å². The highest BCUT2D eigenvalue weighted by Gasteiger charge is 2.15. The number of benzene rings is 3. The van der Waals surface area contributed by atoms with Gasteiger partial charge in [-0.05, 0) is 60.1 Å². The molecule has 1 heterocycles. The summed E-state index contributed by atoms with van der Waals surface area (Å²) in [7, 11) is 0. The first-order chi connectivity index (χ1) is 18.5. The predicted molar refractivity (Wildman–Crippen MR) is 159 cm³/mol. The lowest BCUT2D eigenvalue weighted by atomic mass is 10.1. The fraction of sp³-hybridized carbons (Fsp3) is 0.226. The molecule has 3 aromatic rings. The number of hydrogen-bond acceptors (Lipinski definition) is 6. The number of nitrogens with two attached hydrogens (primary N) is 1. The minimum Gasteiger partial charge on any atom is -0.398 e. The van der Waals surface area contributed by atoms with Crippen LogP contribution < -0.4 is 21.3 Å². The van der Waals surface area contributed by atoms with Gasteiger partial charge >= 0.3 is 0 Å². The Morgan fingerprint density at radius 1 is 0.921 bits per heavy atom. The van der Waals surface area contributed by atoms with E-state index in [2.05, 4.69) is 51.1 Å². The van der Waals surface area contributed by atoms with Crippen LogP contribution >= 0.6 is 0 Å². The Labute approximate surface area is 225 Å². The molecule has 7 nitrogen and oxygen atoms in total. The number of anilines is 3. The van der Waals surface area contributed by atoms with Crippen molar-refractivity contribution in [3.8, 4) is 0 Å². The zero-order valence-corrected chi connectivity index (χ0v) is 21.9. The van der Waals surface area contributed by atoms with E-state index in [1.165, 1.54) is 5.69 Å². The summed E-state index contributed by atoms with van der Waals surface area (Å²) in [5.74, 6) is 0.463. The number of carbonyl (C=O) groups is 1. The molecule has 1 saturated heterocycles. The average molecular weight is 509 g/mol. The van der Waals surface area contributed by atoms with Crippen LogP contribution in [0.3, 0.4) is 0 Å². The summed E-state index contributed by atoms with van der Waals surface area (Å²) in [6.07, 6.45) is 3.69. The highest BCUT2D eigenvalue weighted by atomic mass is 16.1. The van der Waals surface area contributed by atoms with Gasteiger partial charge in [0, 0.05) is 55.2 Å². The van der Waals surface area contributed by atoms with E-state index in [9.17, 15) is 4.79 Å². The van der Waals surface area contributed by atoms with Crippen LogP contribution in [-0.4, -0.2) is 49.7 Å². The third-order valence-corrected chi connectivity index (χ3v) is 6.53. The normalized spacial score (nSPS) is 14.4. The molecule has 0 aromatic heterocycles. The zero-order chi connectivity index (χ0) is 26.7. The molecule has 0 spiro atoms. The number of rotatable bonds is 10. The maximum Gasteiger partial charge on any atom is 0.228 e. The molecule has 0 atom stereocenters. The van der Waals surface area contributed by atoms with Crippen LogP contribution in [0.15, 0.2) is 102 Å². The lowest BCUT2D eigenvalue weighted by Crippen LogP contribution is -2.46. The van der Waals surface area contributed by atoms with E-state index in [-0.39, 0.29) is 5.91 Å². The van der Waals surface area contributed by atoms with E-state index in [4.69, 9.17) is 5.73 Å². The summed E-state index contributed by atoms with van der Waals surface area (Å²) in [6, 6.07) is 25.4. The second-order valence-corrected chi connectivity index (χ2v) is 9.23.